The lowest BCUT2D eigenvalue weighted by atomic mass is 10.1. The van der Waals surface area contributed by atoms with Gasteiger partial charge in [0, 0.05) is 29.1 Å². The van der Waals surface area contributed by atoms with Gasteiger partial charge in [-0.3, -0.25) is 0 Å². The number of halogens is 1. The summed E-state index contributed by atoms with van der Waals surface area (Å²) in [5.41, 5.74) is 8.19. The van der Waals surface area contributed by atoms with Crippen LogP contribution in [0.3, 0.4) is 0 Å². The van der Waals surface area contributed by atoms with Crippen molar-refractivity contribution in [3.8, 4) is 0 Å². The number of hydrogen-bond donors (Lipinski definition) is 1. The lowest BCUT2D eigenvalue weighted by Crippen LogP contribution is -2.32. The van der Waals surface area contributed by atoms with Crippen molar-refractivity contribution in [3.05, 3.63) is 28.2 Å². The van der Waals surface area contributed by atoms with Crippen LogP contribution in [0, 0.1) is 0 Å². The highest BCUT2D eigenvalue weighted by molar-refractivity contribution is 9.10. The predicted octanol–water partition coefficient (Wildman–Crippen LogP) is 2.50. The third-order valence-corrected chi connectivity index (χ3v) is 4.37. The summed E-state index contributed by atoms with van der Waals surface area (Å²) in [6.45, 7) is 3.02. The third-order valence-electron chi connectivity index (χ3n) is 2.80. The van der Waals surface area contributed by atoms with Crippen LogP contribution >= 0.6 is 27.7 Å². The van der Waals surface area contributed by atoms with Crippen LogP contribution in [0.2, 0.25) is 0 Å². The van der Waals surface area contributed by atoms with Gasteiger partial charge in [-0.05, 0) is 46.6 Å². The van der Waals surface area contributed by atoms with Crippen LogP contribution in [0.1, 0.15) is 5.56 Å². The summed E-state index contributed by atoms with van der Waals surface area (Å²) in [5, 5.41) is 0. The molecule has 2 rings (SSSR count). The molecule has 16 heavy (non-hydrogen) atoms. The Hall–Kier alpha value is -0.190. The van der Waals surface area contributed by atoms with E-state index >= 15 is 0 Å². The number of thioether (sulfide) groups is 1. The number of hydrogen-bond acceptors (Lipinski definition) is 3. The van der Waals surface area contributed by atoms with E-state index in [2.05, 4.69) is 39.0 Å². The molecule has 0 aliphatic carbocycles. The van der Waals surface area contributed by atoms with Crippen LogP contribution in [0.5, 0.6) is 0 Å². The minimum atomic E-state index is 0.714. The Morgan fingerprint density at radius 2 is 2.06 bits per heavy atom. The molecule has 0 radical (unpaired) electrons. The maximum atomic E-state index is 5.56. The second-order valence-electron chi connectivity index (χ2n) is 3.92. The molecule has 1 aromatic rings. The first-order valence-corrected chi connectivity index (χ1v) is 7.57. The first kappa shape index (κ1) is 12.3. The molecule has 0 bridgehead atoms. The Morgan fingerprint density at radius 1 is 1.31 bits per heavy atom. The van der Waals surface area contributed by atoms with Crippen LogP contribution in [0.4, 0.5) is 5.69 Å². The second kappa shape index (κ2) is 5.94. The van der Waals surface area contributed by atoms with Crippen molar-refractivity contribution in [2.75, 3.05) is 36.0 Å². The highest BCUT2D eigenvalue weighted by Gasteiger charge is 2.13. The summed E-state index contributed by atoms with van der Waals surface area (Å²) in [6.07, 6.45) is 0.953. The molecule has 0 spiro atoms. The average molecular weight is 301 g/mol. The molecule has 2 nitrogen and oxygen atoms in total. The fourth-order valence-electron chi connectivity index (χ4n) is 1.93. The van der Waals surface area contributed by atoms with E-state index in [-0.39, 0.29) is 0 Å². The van der Waals surface area contributed by atoms with Gasteiger partial charge in [-0.15, -0.1) is 0 Å². The lowest BCUT2D eigenvalue weighted by Gasteiger charge is -2.29. The Labute approximate surface area is 110 Å². The predicted molar refractivity (Wildman–Crippen MR) is 76.4 cm³/mol. The Kier molecular flexibility index (Phi) is 4.55. The Morgan fingerprint density at radius 3 is 2.69 bits per heavy atom. The van der Waals surface area contributed by atoms with Gasteiger partial charge in [-0.1, -0.05) is 6.07 Å². The van der Waals surface area contributed by atoms with Crippen LogP contribution in [-0.2, 0) is 6.42 Å². The number of nitrogens with two attached hydrogens (primary N) is 1. The molecule has 0 aromatic heterocycles. The highest BCUT2D eigenvalue weighted by atomic mass is 79.9. The average Bonchev–Trinajstić information content (AvgIpc) is 2.31. The molecule has 1 heterocycles. The molecule has 2 N–H and O–H groups in total. The zero-order valence-electron chi connectivity index (χ0n) is 9.29. The zero-order valence-corrected chi connectivity index (χ0v) is 11.7. The van der Waals surface area contributed by atoms with Crippen molar-refractivity contribution in [3.63, 3.8) is 0 Å². The van der Waals surface area contributed by atoms with E-state index in [1.54, 1.807) is 0 Å². The van der Waals surface area contributed by atoms with Crippen LogP contribution in [-0.4, -0.2) is 31.1 Å². The first-order valence-electron chi connectivity index (χ1n) is 5.62. The van der Waals surface area contributed by atoms with E-state index in [1.807, 2.05) is 11.8 Å². The van der Waals surface area contributed by atoms with Crippen molar-refractivity contribution >= 4 is 33.4 Å². The second-order valence-corrected chi connectivity index (χ2v) is 6.00. The van der Waals surface area contributed by atoms with Crippen LogP contribution < -0.4 is 10.6 Å². The SMILES string of the molecule is NCCc1ccc(N2CCSCC2)c(Br)c1. The molecule has 1 aliphatic heterocycles. The highest BCUT2D eigenvalue weighted by Crippen LogP contribution is 2.29. The van der Waals surface area contributed by atoms with Gasteiger partial charge in [0.25, 0.3) is 0 Å². The molecule has 1 aromatic carbocycles. The molecule has 0 atom stereocenters. The summed E-state index contributed by atoms with van der Waals surface area (Å²) in [7, 11) is 0. The van der Waals surface area contributed by atoms with Gasteiger partial charge < -0.3 is 10.6 Å². The molecular formula is C12H17BrN2S. The first-order chi connectivity index (χ1) is 7.81. The standard InChI is InChI=1S/C12H17BrN2S/c13-11-9-10(3-4-14)1-2-12(11)15-5-7-16-8-6-15/h1-2,9H,3-8,14H2. The van der Waals surface area contributed by atoms with E-state index in [0.29, 0.717) is 6.54 Å². The van der Waals surface area contributed by atoms with Crippen molar-refractivity contribution in [1.82, 2.24) is 0 Å². The Balaban J connectivity index is 2.14. The molecule has 0 amide bonds. The van der Waals surface area contributed by atoms with Crippen molar-refractivity contribution < 1.29 is 0 Å². The fourth-order valence-corrected chi connectivity index (χ4v) is 3.51. The fraction of sp³-hybridized carbons (Fsp3) is 0.500. The number of nitrogens with zero attached hydrogens (tertiary/aromatic N) is 1. The van der Waals surface area contributed by atoms with E-state index < -0.39 is 0 Å². The van der Waals surface area contributed by atoms with Crippen LogP contribution in [0.25, 0.3) is 0 Å². The maximum absolute atomic E-state index is 5.56. The molecule has 1 saturated heterocycles. The van der Waals surface area contributed by atoms with Gasteiger partial charge in [0.15, 0.2) is 0 Å². The molecule has 88 valence electrons. The van der Waals surface area contributed by atoms with Crippen molar-refractivity contribution in [2.45, 2.75) is 6.42 Å². The normalized spacial score (nSPS) is 16.5. The summed E-state index contributed by atoms with van der Waals surface area (Å²) in [5.74, 6) is 2.47. The van der Waals surface area contributed by atoms with E-state index in [9.17, 15) is 0 Å². The van der Waals surface area contributed by atoms with Crippen molar-refractivity contribution in [1.29, 1.82) is 0 Å². The van der Waals surface area contributed by atoms with E-state index in [1.165, 1.54) is 27.2 Å². The molecule has 4 heteroatoms. The van der Waals surface area contributed by atoms with Gasteiger partial charge in [0.2, 0.25) is 0 Å². The van der Waals surface area contributed by atoms with Crippen LogP contribution in [0.15, 0.2) is 22.7 Å². The van der Waals surface area contributed by atoms with Gasteiger partial charge in [0.1, 0.15) is 0 Å². The smallest absolute Gasteiger partial charge is 0.0511 e. The molecule has 1 aliphatic rings. The number of rotatable bonds is 3. The molecule has 0 unspecified atom stereocenters. The Bertz CT molecular complexity index is 351. The monoisotopic (exact) mass is 300 g/mol. The topological polar surface area (TPSA) is 29.3 Å². The summed E-state index contributed by atoms with van der Waals surface area (Å²) in [4.78, 5) is 2.45. The van der Waals surface area contributed by atoms with E-state index in [0.717, 1.165) is 19.5 Å². The molecular weight excluding hydrogens is 284 g/mol. The quantitative estimate of drug-likeness (QED) is 0.930. The number of anilines is 1. The van der Waals surface area contributed by atoms with Crippen molar-refractivity contribution in [2.24, 2.45) is 5.73 Å². The van der Waals surface area contributed by atoms with Gasteiger partial charge >= 0.3 is 0 Å². The lowest BCUT2D eigenvalue weighted by molar-refractivity contribution is 0.854. The minimum Gasteiger partial charge on any atom is -0.369 e. The minimum absolute atomic E-state index is 0.714. The molecule has 1 fully saturated rings. The summed E-state index contributed by atoms with van der Waals surface area (Å²) in [6, 6.07) is 6.60. The van der Waals surface area contributed by atoms with Gasteiger partial charge in [-0.25, -0.2) is 0 Å². The third kappa shape index (κ3) is 2.93. The van der Waals surface area contributed by atoms with Gasteiger partial charge in [0.05, 0.1) is 5.69 Å². The largest absolute Gasteiger partial charge is 0.369 e. The zero-order chi connectivity index (χ0) is 11.4. The van der Waals surface area contributed by atoms with E-state index in [4.69, 9.17) is 5.73 Å². The number of benzene rings is 1. The van der Waals surface area contributed by atoms with Gasteiger partial charge in [-0.2, -0.15) is 11.8 Å². The molecule has 0 saturated carbocycles. The summed E-state index contributed by atoms with van der Waals surface area (Å²) >= 11 is 5.70. The summed E-state index contributed by atoms with van der Waals surface area (Å²) < 4.78 is 1.20. The maximum Gasteiger partial charge on any atom is 0.0511 e.